The molecule has 0 saturated heterocycles. The van der Waals surface area contributed by atoms with E-state index in [1.807, 2.05) is 30.3 Å². The number of allylic oxidation sites excluding steroid dienone is 2. The van der Waals surface area contributed by atoms with Crippen LogP contribution >= 0.6 is 0 Å². The highest BCUT2D eigenvalue weighted by Gasteiger charge is 2.60. The lowest BCUT2D eigenvalue weighted by Gasteiger charge is -2.20. The minimum absolute atomic E-state index is 0.0147. The average molecular weight is 334 g/mol. The second-order valence-corrected chi connectivity index (χ2v) is 7.70. The third kappa shape index (κ3) is 3.65. The lowest BCUT2D eigenvalue weighted by molar-refractivity contribution is -0.123. The molecule has 3 atom stereocenters. The number of carbonyl (C=O) groups excluding carboxylic acids is 1. The standard InChI is InChI=1S/C22H26N2O/c1-15(2)14-18-19(22(18,3)4)21(25)24-20(16-8-6-5-7-9-16)17-10-12-23-13-11-17/h5-14,18-20H,1-4H3,(H,24,25)/t18-,19-,20-/m1/s1. The number of pyridine rings is 1. The van der Waals surface area contributed by atoms with E-state index in [9.17, 15) is 4.79 Å². The van der Waals surface area contributed by atoms with E-state index in [0.29, 0.717) is 5.92 Å². The highest BCUT2D eigenvalue weighted by Crippen LogP contribution is 2.59. The molecule has 3 rings (SSSR count). The second-order valence-electron chi connectivity index (χ2n) is 7.70. The van der Waals surface area contributed by atoms with Gasteiger partial charge in [-0.1, -0.05) is 55.8 Å². The van der Waals surface area contributed by atoms with Crippen molar-refractivity contribution < 1.29 is 4.79 Å². The number of benzene rings is 1. The van der Waals surface area contributed by atoms with Crippen molar-refractivity contribution in [1.82, 2.24) is 10.3 Å². The van der Waals surface area contributed by atoms with E-state index in [1.54, 1.807) is 12.4 Å². The van der Waals surface area contributed by atoms with Crippen LogP contribution in [0, 0.1) is 17.3 Å². The van der Waals surface area contributed by atoms with Gasteiger partial charge in [0.1, 0.15) is 0 Å². The SMILES string of the molecule is CC(C)=C[C@@H]1[C@H](C(=O)N[C@H](c2ccccc2)c2ccncc2)C1(C)C. The van der Waals surface area contributed by atoms with Crippen molar-refractivity contribution in [2.45, 2.75) is 33.7 Å². The maximum Gasteiger partial charge on any atom is 0.225 e. The first-order valence-corrected chi connectivity index (χ1v) is 8.81. The van der Waals surface area contributed by atoms with Crippen LogP contribution in [0.2, 0.25) is 0 Å². The molecular weight excluding hydrogens is 308 g/mol. The van der Waals surface area contributed by atoms with Crippen LogP contribution in [-0.4, -0.2) is 10.9 Å². The van der Waals surface area contributed by atoms with Gasteiger partial charge < -0.3 is 5.32 Å². The molecule has 130 valence electrons. The Morgan fingerprint density at radius 1 is 1.08 bits per heavy atom. The van der Waals surface area contributed by atoms with Gasteiger partial charge in [0.2, 0.25) is 5.91 Å². The third-order valence-electron chi connectivity index (χ3n) is 5.16. The van der Waals surface area contributed by atoms with E-state index >= 15 is 0 Å². The normalized spacial score (nSPS) is 21.9. The molecule has 0 aliphatic heterocycles. The Balaban J connectivity index is 1.84. The minimum Gasteiger partial charge on any atom is -0.345 e. The molecule has 1 aromatic carbocycles. The van der Waals surface area contributed by atoms with Gasteiger partial charge in [0.15, 0.2) is 0 Å². The number of carbonyl (C=O) groups is 1. The summed E-state index contributed by atoms with van der Waals surface area (Å²) in [6.45, 7) is 8.52. The van der Waals surface area contributed by atoms with Gasteiger partial charge in [-0.2, -0.15) is 0 Å². The van der Waals surface area contributed by atoms with Gasteiger partial charge >= 0.3 is 0 Å². The Morgan fingerprint density at radius 2 is 1.68 bits per heavy atom. The number of amides is 1. The van der Waals surface area contributed by atoms with Gasteiger partial charge in [0.05, 0.1) is 12.0 Å². The fourth-order valence-electron chi connectivity index (χ4n) is 3.64. The number of nitrogens with zero attached hydrogens (tertiary/aromatic N) is 1. The van der Waals surface area contributed by atoms with Crippen molar-refractivity contribution in [1.29, 1.82) is 0 Å². The summed E-state index contributed by atoms with van der Waals surface area (Å²) in [4.78, 5) is 17.1. The summed E-state index contributed by atoms with van der Waals surface area (Å²) in [7, 11) is 0. The Kier molecular flexibility index (Phi) is 4.76. The number of hydrogen-bond acceptors (Lipinski definition) is 2. The van der Waals surface area contributed by atoms with Crippen LogP contribution < -0.4 is 5.32 Å². The molecule has 0 radical (unpaired) electrons. The fraction of sp³-hybridized carbons (Fsp3) is 0.364. The highest BCUT2D eigenvalue weighted by atomic mass is 16.2. The molecule has 1 saturated carbocycles. The van der Waals surface area contributed by atoms with Gasteiger partial charge in [0.25, 0.3) is 0 Å². The van der Waals surface area contributed by atoms with Crippen LogP contribution in [0.1, 0.15) is 44.9 Å². The van der Waals surface area contributed by atoms with Crippen molar-refractivity contribution in [3.05, 3.63) is 77.6 Å². The van der Waals surface area contributed by atoms with Gasteiger partial charge in [-0.25, -0.2) is 0 Å². The summed E-state index contributed by atoms with van der Waals surface area (Å²) in [5.41, 5.74) is 3.41. The van der Waals surface area contributed by atoms with Crippen molar-refractivity contribution >= 4 is 5.91 Å². The van der Waals surface area contributed by atoms with Crippen LogP contribution in [0.4, 0.5) is 0 Å². The maximum atomic E-state index is 13.0. The molecule has 25 heavy (non-hydrogen) atoms. The number of rotatable bonds is 5. The molecule has 1 aromatic heterocycles. The first-order valence-electron chi connectivity index (χ1n) is 8.81. The van der Waals surface area contributed by atoms with Gasteiger partial charge in [-0.3, -0.25) is 9.78 Å². The summed E-state index contributed by atoms with van der Waals surface area (Å²) < 4.78 is 0. The first-order chi connectivity index (χ1) is 11.9. The molecule has 2 aromatic rings. The largest absolute Gasteiger partial charge is 0.345 e. The molecule has 1 aliphatic carbocycles. The van der Waals surface area contributed by atoms with E-state index in [2.05, 4.69) is 56.2 Å². The van der Waals surface area contributed by atoms with Crippen LogP contribution in [0.3, 0.4) is 0 Å². The lowest BCUT2D eigenvalue weighted by Crippen LogP contribution is -2.31. The molecule has 0 spiro atoms. The van der Waals surface area contributed by atoms with Gasteiger partial charge in [-0.15, -0.1) is 0 Å². The van der Waals surface area contributed by atoms with Crippen molar-refractivity contribution in [2.75, 3.05) is 0 Å². The van der Waals surface area contributed by atoms with Crippen molar-refractivity contribution in [2.24, 2.45) is 17.3 Å². The van der Waals surface area contributed by atoms with E-state index in [4.69, 9.17) is 0 Å². The minimum atomic E-state index is -0.152. The third-order valence-corrected chi connectivity index (χ3v) is 5.16. The van der Waals surface area contributed by atoms with E-state index in [1.165, 1.54) is 5.57 Å². The zero-order valence-corrected chi connectivity index (χ0v) is 15.4. The smallest absolute Gasteiger partial charge is 0.225 e. The summed E-state index contributed by atoms with van der Waals surface area (Å²) >= 11 is 0. The van der Waals surface area contributed by atoms with E-state index in [0.717, 1.165) is 11.1 Å². The monoisotopic (exact) mass is 334 g/mol. The second kappa shape index (κ2) is 6.83. The molecule has 1 fully saturated rings. The summed E-state index contributed by atoms with van der Waals surface area (Å²) in [5, 5.41) is 3.27. The summed E-state index contributed by atoms with van der Waals surface area (Å²) in [6, 6.07) is 13.9. The molecule has 3 heteroatoms. The number of hydrogen-bond donors (Lipinski definition) is 1. The summed E-state index contributed by atoms with van der Waals surface area (Å²) in [6.07, 6.45) is 5.77. The molecule has 1 amide bonds. The van der Waals surface area contributed by atoms with Crippen LogP contribution in [0.25, 0.3) is 0 Å². The molecule has 1 aliphatic rings. The molecule has 3 nitrogen and oxygen atoms in total. The molecule has 1 heterocycles. The summed E-state index contributed by atoms with van der Waals surface area (Å²) in [5.74, 6) is 0.458. The van der Waals surface area contributed by atoms with Crippen LogP contribution in [0.5, 0.6) is 0 Å². The van der Waals surface area contributed by atoms with Crippen LogP contribution in [-0.2, 0) is 4.79 Å². The topological polar surface area (TPSA) is 42.0 Å². The lowest BCUT2D eigenvalue weighted by atomic mass is 9.99. The first kappa shape index (κ1) is 17.4. The molecule has 1 N–H and O–H groups in total. The number of aromatic nitrogens is 1. The Hall–Kier alpha value is -2.42. The maximum absolute atomic E-state index is 13.0. The van der Waals surface area contributed by atoms with Crippen molar-refractivity contribution in [3.63, 3.8) is 0 Å². The quantitative estimate of drug-likeness (QED) is 0.817. The van der Waals surface area contributed by atoms with E-state index < -0.39 is 0 Å². The van der Waals surface area contributed by atoms with Crippen molar-refractivity contribution in [3.8, 4) is 0 Å². The molecular formula is C22H26N2O. The predicted octanol–water partition coefficient (Wildman–Crippen LogP) is 4.53. The van der Waals surface area contributed by atoms with Gasteiger partial charge in [0, 0.05) is 12.4 Å². The number of nitrogens with one attached hydrogen (secondary N) is 1. The average Bonchev–Trinajstić information content (AvgIpc) is 3.13. The zero-order valence-electron chi connectivity index (χ0n) is 15.4. The molecule has 0 bridgehead atoms. The molecule has 0 unspecified atom stereocenters. The van der Waals surface area contributed by atoms with E-state index in [-0.39, 0.29) is 23.3 Å². The highest BCUT2D eigenvalue weighted by molar-refractivity contribution is 5.84. The Bertz CT molecular complexity index is 722. The zero-order chi connectivity index (χ0) is 18.0. The Morgan fingerprint density at radius 3 is 2.28 bits per heavy atom. The Labute approximate surface area is 150 Å². The van der Waals surface area contributed by atoms with Crippen LogP contribution in [0.15, 0.2) is 66.5 Å². The predicted molar refractivity (Wildman–Crippen MR) is 101 cm³/mol. The van der Waals surface area contributed by atoms with Gasteiger partial charge in [-0.05, 0) is 48.4 Å². The fourth-order valence-corrected chi connectivity index (χ4v) is 3.64.